The number of hydrogen-bond donors (Lipinski definition) is 0. The molecule has 15 heavy (non-hydrogen) atoms. The molecule has 0 fully saturated rings. The Kier molecular flexibility index (Phi) is 12.1. The van der Waals surface area contributed by atoms with E-state index >= 15 is 0 Å². The first kappa shape index (κ1) is 17.3. The standard InChI is InChI=1S/C10H7.C3H7.BrH.Mg/c1-2-6-10-8-4-3-7-9(10)5-1;1-3-2;;/h1-7H;1,3H2,2H3;1H;/q2*-1;;+2. The van der Waals surface area contributed by atoms with Gasteiger partial charge in [0.1, 0.15) is 0 Å². The molecular formula is C13H15BrMg. The van der Waals surface area contributed by atoms with E-state index in [-0.39, 0.29) is 40.0 Å². The van der Waals surface area contributed by atoms with Gasteiger partial charge in [0.25, 0.3) is 0 Å². The zero-order valence-corrected chi connectivity index (χ0v) is 12.2. The maximum Gasteiger partial charge on any atom is 2.00 e. The summed E-state index contributed by atoms with van der Waals surface area (Å²) < 4.78 is 0. The molecule has 0 aliphatic rings. The van der Waals surface area contributed by atoms with Crippen molar-refractivity contribution in [2.24, 2.45) is 0 Å². The molecule has 0 saturated carbocycles. The number of hydrogen-bond acceptors (Lipinski definition) is 0. The van der Waals surface area contributed by atoms with Gasteiger partial charge in [-0.25, -0.2) is 0 Å². The molecule has 2 heteroatoms. The Hall–Kier alpha value is -0.0538. The monoisotopic (exact) mass is 274 g/mol. The van der Waals surface area contributed by atoms with Gasteiger partial charge < -0.3 is 6.92 Å². The summed E-state index contributed by atoms with van der Waals surface area (Å²) in [7, 11) is 0. The fraction of sp³-hybridized carbons (Fsp3) is 0.154. The van der Waals surface area contributed by atoms with Gasteiger partial charge in [-0.1, -0.05) is 19.1 Å². The predicted molar refractivity (Wildman–Crippen MR) is 74.5 cm³/mol. The Morgan fingerprint density at radius 2 is 1.67 bits per heavy atom. The molecule has 0 N–H and O–H groups in total. The summed E-state index contributed by atoms with van der Waals surface area (Å²) in [6, 6.07) is 17.4. The van der Waals surface area contributed by atoms with Crippen LogP contribution in [0.5, 0.6) is 0 Å². The van der Waals surface area contributed by atoms with E-state index in [4.69, 9.17) is 0 Å². The third-order valence-corrected chi connectivity index (χ3v) is 1.57. The molecule has 2 aromatic carbocycles. The normalized spacial score (nSPS) is 7.87. The molecule has 0 spiro atoms. The van der Waals surface area contributed by atoms with Gasteiger partial charge in [-0.05, 0) is 0 Å². The third-order valence-electron chi connectivity index (χ3n) is 1.57. The van der Waals surface area contributed by atoms with Gasteiger partial charge in [-0.2, -0.15) is 6.42 Å². The van der Waals surface area contributed by atoms with Crippen LogP contribution in [0.2, 0.25) is 0 Å². The van der Waals surface area contributed by atoms with Crippen molar-refractivity contribution in [3.05, 3.63) is 55.5 Å². The summed E-state index contributed by atoms with van der Waals surface area (Å²) in [5.41, 5.74) is 0. The molecule has 0 aliphatic heterocycles. The van der Waals surface area contributed by atoms with Gasteiger partial charge in [-0.15, -0.1) is 64.2 Å². The van der Waals surface area contributed by atoms with E-state index in [0.29, 0.717) is 0 Å². The van der Waals surface area contributed by atoms with E-state index in [0.717, 1.165) is 6.42 Å². The summed E-state index contributed by atoms with van der Waals surface area (Å²) >= 11 is 0. The number of rotatable bonds is 0. The summed E-state index contributed by atoms with van der Waals surface area (Å²) in [5.74, 6) is 0. The second-order valence-electron chi connectivity index (χ2n) is 2.76. The first-order valence-electron chi connectivity index (χ1n) is 4.53. The molecule has 0 unspecified atom stereocenters. The van der Waals surface area contributed by atoms with Crippen LogP contribution in [-0.2, 0) is 0 Å². The molecule has 0 bridgehead atoms. The minimum atomic E-state index is 0. The van der Waals surface area contributed by atoms with Gasteiger partial charge in [0.05, 0.1) is 0 Å². The number of halogens is 1. The van der Waals surface area contributed by atoms with E-state index in [1.54, 1.807) is 0 Å². The summed E-state index contributed by atoms with van der Waals surface area (Å²) in [5, 5.41) is 2.44. The maximum absolute atomic E-state index is 3.49. The van der Waals surface area contributed by atoms with Crippen molar-refractivity contribution in [2.45, 2.75) is 13.3 Å². The zero-order chi connectivity index (χ0) is 9.52. The Balaban J connectivity index is 0. The Labute approximate surface area is 119 Å². The molecule has 0 radical (unpaired) electrons. The van der Waals surface area contributed by atoms with Crippen LogP contribution < -0.4 is 0 Å². The topological polar surface area (TPSA) is 0 Å². The first-order chi connectivity index (χ1) is 6.38. The second kappa shape index (κ2) is 10.5. The quantitative estimate of drug-likeness (QED) is 0.502. The molecule has 2 aromatic rings. The molecule has 0 aromatic heterocycles. The molecule has 0 amide bonds. The van der Waals surface area contributed by atoms with Crippen molar-refractivity contribution >= 4 is 50.8 Å². The second-order valence-corrected chi connectivity index (χ2v) is 2.76. The summed E-state index contributed by atoms with van der Waals surface area (Å²) in [6.45, 7) is 5.50. The van der Waals surface area contributed by atoms with Gasteiger partial charge in [0.2, 0.25) is 0 Å². The van der Waals surface area contributed by atoms with E-state index in [2.05, 4.69) is 31.2 Å². The summed E-state index contributed by atoms with van der Waals surface area (Å²) in [6.07, 6.45) is 1.00. The van der Waals surface area contributed by atoms with E-state index in [9.17, 15) is 0 Å². The van der Waals surface area contributed by atoms with Crippen molar-refractivity contribution in [3.63, 3.8) is 0 Å². The minimum absolute atomic E-state index is 0. The first-order valence-corrected chi connectivity index (χ1v) is 4.53. The Morgan fingerprint density at radius 1 is 1.13 bits per heavy atom. The van der Waals surface area contributed by atoms with Crippen molar-refractivity contribution in [1.29, 1.82) is 0 Å². The molecular weight excluding hydrogens is 260 g/mol. The molecule has 76 valence electrons. The fourth-order valence-corrected chi connectivity index (χ4v) is 1.06. The predicted octanol–water partition coefficient (Wildman–Crippen LogP) is 4.07. The van der Waals surface area contributed by atoms with Crippen LogP contribution in [0.4, 0.5) is 0 Å². The zero-order valence-electron chi connectivity index (χ0n) is 9.07. The molecule has 0 saturated heterocycles. The van der Waals surface area contributed by atoms with Gasteiger partial charge >= 0.3 is 23.1 Å². The molecule has 0 aliphatic carbocycles. The maximum atomic E-state index is 3.49. The van der Waals surface area contributed by atoms with Gasteiger partial charge in [0, 0.05) is 0 Å². The van der Waals surface area contributed by atoms with Crippen LogP contribution in [0.3, 0.4) is 0 Å². The molecule has 0 atom stereocenters. The third kappa shape index (κ3) is 6.18. The molecule has 0 heterocycles. The SMILES string of the molecule is Br.[CH2-]CC.[Mg+2].[c-]1cccc2ccccc12. The van der Waals surface area contributed by atoms with Crippen molar-refractivity contribution in [3.8, 4) is 0 Å². The molecule has 0 nitrogen and oxygen atoms in total. The van der Waals surface area contributed by atoms with Crippen LogP contribution >= 0.6 is 17.0 Å². The number of benzene rings is 2. The Bertz CT molecular complexity index is 295. The van der Waals surface area contributed by atoms with Crippen LogP contribution in [0.25, 0.3) is 10.8 Å². The van der Waals surface area contributed by atoms with E-state index < -0.39 is 0 Å². The number of fused-ring (bicyclic) bond motifs is 1. The summed E-state index contributed by atoms with van der Waals surface area (Å²) in [4.78, 5) is 0. The Morgan fingerprint density at radius 3 is 2.27 bits per heavy atom. The van der Waals surface area contributed by atoms with Crippen molar-refractivity contribution in [1.82, 2.24) is 0 Å². The molecule has 2 rings (SSSR count). The van der Waals surface area contributed by atoms with Crippen LogP contribution in [0.15, 0.2) is 42.5 Å². The van der Waals surface area contributed by atoms with E-state index in [1.165, 1.54) is 10.8 Å². The van der Waals surface area contributed by atoms with Crippen molar-refractivity contribution in [2.75, 3.05) is 0 Å². The van der Waals surface area contributed by atoms with Crippen LogP contribution in [0.1, 0.15) is 13.3 Å². The minimum Gasteiger partial charge on any atom is -0.344 e. The van der Waals surface area contributed by atoms with Gasteiger partial charge in [-0.3, -0.25) is 0 Å². The largest absolute Gasteiger partial charge is 2.00 e. The average molecular weight is 275 g/mol. The van der Waals surface area contributed by atoms with Crippen molar-refractivity contribution < 1.29 is 0 Å². The smallest absolute Gasteiger partial charge is 0.344 e. The fourth-order valence-electron chi connectivity index (χ4n) is 1.06. The van der Waals surface area contributed by atoms with E-state index in [1.807, 2.05) is 31.2 Å². The average Bonchev–Trinajstić information content (AvgIpc) is 2.19. The van der Waals surface area contributed by atoms with Gasteiger partial charge in [0.15, 0.2) is 0 Å². The van der Waals surface area contributed by atoms with Crippen LogP contribution in [-0.4, -0.2) is 23.1 Å². The van der Waals surface area contributed by atoms with Crippen LogP contribution in [0, 0.1) is 13.0 Å².